The minimum atomic E-state index is -2.05. The van der Waals surface area contributed by atoms with Crippen LogP contribution in [0.2, 0.25) is 0 Å². The van der Waals surface area contributed by atoms with E-state index in [4.69, 9.17) is 9.47 Å². The van der Waals surface area contributed by atoms with Gasteiger partial charge < -0.3 is 25.4 Å². The number of nitroso groups, excluding NO2 is 1. The van der Waals surface area contributed by atoms with Crippen molar-refractivity contribution in [2.24, 2.45) is 4.58 Å². The molecule has 0 heterocycles. The second kappa shape index (κ2) is 22.3. The Kier molecular flexibility index (Phi) is 17.8. The van der Waals surface area contributed by atoms with Gasteiger partial charge in [-0.05, 0) is 69.5 Å². The van der Waals surface area contributed by atoms with Crippen LogP contribution in [0.15, 0.2) is 95.6 Å². The summed E-state index contributed by atoms with van der Waals surface area (Å²) in [4.78, 5) is 73.6. The molecule has 272 valence electrons. The van der Waals surface area contributed by atoms with Gasteiger partial charge in [0, 0.05) is 35.1 Å². The van der Waals surface area contributed by atoms with Gasteiger partial charge in [0.25, 0.3) is 0 Å². The molecular weight excluding hydrogens is 691 g/mol. The first-order valence-corrected chi connectivity index (χ1v) is 19.8. The van der Waals surface area contributed by atoms with Gasteiger partial charge in [0.05, 0.1) is 19.4 Å². The number of benzene rings is 3. The van der Waals surface area contributed by atoms with Gasteiger partial charge in [-0.25, -0.2) is 4.79 Å². The smallest absolute Gasteiger partial charge is 0.328 e. The van der Waals surface area contributed by atoms with Crippen LogP contribution >= 0.6 is 19.2 Å². The topological polar surface area (TPSA) is 169 Å². The Balaban J connectivity index is 1.63. The van der Waals surface area contributed by atoms with Crippen molar-refractivity contribution in [3.63, 3.8) is 0 Å². The summed E-state index contributed by atoms with van der Waals surface area (Å²) in [5, 5.41) is 11.4. The number of rotatable bonds is 22. The fraction of sp³-hybridized carbons (Fsp3) is 0.378. The van der Waals surface area contributed by atoms with Gasteiger partial charge in [0.15, 0.2) is 0 Å². The molecule has 0 saturated heterocycles. The lowest BCUT2D eigenvalue weighted by molar-refractivity contribution is -0.147. The minimum Gasteiger partial charge on any atom is -0.465 e. The number of nitrogens with zero attached hydrogens (tertiary/aromatic N) is 1. The van der Waals surface area contributed by atoms with E-state index in [0.29, 0.717) is 18.4 Å². The van der Waals surface area contributed by atoms with E-state index in [9.17, 15) is 28.9 Å². The zero-order valence-corrected chi connectivity index (χ0v) is 30.7. The summed E-state index contributed by atoms with van der Waals surface area (Å²) in [5.41, 5.74) is 0. The van der Waals surface area contributed by atoms with Gasteiger partial charge in [-0.3, -0.25) is 19.2 Å². The average Bonchev–Trinajstić information content (AvgIpc) is 3.15. The zero-order chi connectivity index (χ0) is 36.9. The van der Waals surface area contributed by atoms with Crippen LogP contribution in [-0.2, 0) is 33.4 Å². The van der Waals surface area contributed by atoms with Crippen molar-refractivity contribution in [3.05, 3.63) is 95.9 Å². The molecule has 14 heteroatoms. The van der Waals surface area contributed by atoms with Crippen LogP contribution in [0, 0.1) is 4.91 Å². The molecule has 0 aliphatic heterocycles. The van der Waals surface area contributed by atoms with Crippen LogP contribution in [0.3, 0.4) is 0 Å². The van der Waals surface area contributed by atoms with Crippen molar-refractivity contribution in [2.45, 2.75) is 58.0 Å². The Bertz CT molecular complexity index is 1470. The molecule has 0 radical (unpaired) electrons. The number of carbonyl (C=O) groups is 5. The molecule has 3 aromatic carbocycles. The van der Waals surface area contributed by atoms with Crippen LogP contribution in [0.25, 0.3) is 0 Å². The van der Waals surface area contributed by atoms with Crippen LogP contribution in [-0.4, -0.2) is 73.4 Å². The van der Waals surface area contributed by atoms with Crippen molar-refractivity contribution < 1.29 is 33.4 Å². The van der Waals surface area contributed by atoms with E-state index in [-0.39, 0.29) is 44.1 Å². The van der Waals surface area contributed by atoms with Crippen molar-refractivity contribution in [1.29, 1.82) is 0 Å². The molecule has 3 rings (SSSR count). The lowest BCUT2D eigenvalue weighted by Crippen LogP contribution is -2.50. The first-order valence-electron chi connectivity index (χ1n) is 16.9. The summed E-state index contributed by atoms with van der Waals surface area (Å²) in [5.74, 6) is -3.17. The van der Waals surface area contributed by atoms with Crippen molar-refractivity contribution in [2.75, 3.05) is 31.7 Å². The third-order valence-corrected chi connectivity index (χ3v) is 13.1. The highest BCUT2D eigenvalue weighted by molar-refractivity contribution is 7.98. The maximum atomic E-state index is 13.2. The largest absolute Gasteiger partial charge is 0.465 e. The molecule has 0 aliphatic rings. The highest BCUT2D eigenvalue weighted by Gasteiger charge is 2.44. The summed E-state index contributed by atoms with van der Waals surface area (Å²) >= 11 is 0.531. The van der Waals surface area contributed by atoms with Gasteiger partial charge >= 0.3 is 11.9 Å². The molecule has 3 N–H and O–H groups in total. The van der Waals surface area contributed by atoms with Crippen molar-refractivity contribution in [3.8, 4) is 0 Å². The number of hydrogen-bond donors (Lipinski definition) is 3. The standard InChI is InChI=1S/C37H45N4O8PS/c1-3-48-35(44)26-38-36(45)32(27-51-41-47)40-34(43)24-23-31(37(46)49-4-2)39-33(42)22-14-15-25-50(28-16-8-5-9-17-28,29-18-10-6-11-19-29)30-20-12-7-13-21-30/h5-13,16-21,31-32H,3-4,14-15,22-27H2,1-2H3,(H2-,38,39,40,42,43,45)/p+1. The molecule has 0 aromatic heterocycles. The molecule has 0 fully saturated rings. The van der Waals surface area contributed by atoms with Crippen molar-refractivity contribution >= 4 is 64.8 Å². The van der Waals surface area contributed by atoms with Gasteiger partial charge in [0.2, 0.25) is 17.7 Å². The second-order valence-electron chi connectivity index (χ2n) is 11.4. The Hall–Kier alpha value is -4.61. The van der Waals surface area contributed by atoms with Gasteiger partial charge in [-0.2, -0.15) is 0 Å². The zero-order valence-electron chi connectivity index (χ0n) is 29.0. The number of esters is 2. The average molecular weight is 738 g/mol. The molecule has 51 heavy (non-hydrogen) atoms. The van der Waals surface area contributed by atoms with Crippen LogP contribution in [0.1, 0.15) is 46.0 Å². The monoisotopic (exact) mass is 737 g/mol. The summed E-state index contributed by atoms with van der Waals surface area (Å²) in [6, 6.07) is 29.2. The number of amides is 3. The number of carbonyl (C=O) groups excluding carboxylic acids is 5. The van der Waals surface area contributed by atoms with E-state index in [1.165, 1.54) is 15.9 Å². The van der Waals surface area contributed by atoms with E-state index in [1.54, 1.807) is 13.8 Å². The van der Waals surface area contributed by atoms with Gasteiger partial charge in [-0.15, -0.1) is 4.91 Å². The molecular formula is C37H46N4O8PS+. The van der Waals surface area contributed by atoms with Crippen molar-refractivity contribution in [1.82, 2.24) is 16.0 Å². The molecule has 3 aromatic rings. The summed E-state index contributed by atoms with van der Waals surface area (Å²) in [6.45, 7) is 3.07. The summed E-state index contributed by atoms with van der Waals surface area (Å²) in [6.07, 6.45) is 2.01. The molecule has 0 bridgehead atoms. The number of ether oxygens (including phenoxy) is 2. The molecule has 0 saturated carbocycles. The predicted octanol–water partition coefficient (Wildman–Crippen LogP) is 3.56. The molecule has 2 atom stereocenters. The Labute approximate surface area is 303 Å². The second-order valence-corrected chi connectivity index (χ2v) is 15.8. The highest BCUT2D eigenvalue weighted by atomic mass is 32.2. The van der Waals surface area contributed by atoms with E-state index >= 15 is 0 Å². The van der Waals surface area contributed by atoms with Crippen LogP contribution in [0.5, 0.6) is 0 Å². The van der Waals surface area contributed by atoms with Crippen LogP contribution in [0.4, 0.5) is 0 Å². The molecule has 3 amide bonds. The van der Waals surface area contributed by atoms with E-state index in [0.717, 1.165) is 12.6 Å². The first kappa shape index (κ1) is 40.8. The molecule has 0 spiro atoms. The fourth-order valence-electron chi connectivity index (χ4n) is 5.60. The normalized spacial score (nSPS) is 12.1. The Morgan fingerprint density at radius 2 is 1.22 bits per heavy atom. The van der Waals surface area contributed by atoms with Crippen LogP contribution < -0.4 is 31.9 Å². The minimum absolute atomic E-state index is 0.0836. The summed E-state index contributed by atoms with van der Waals surface area (Å²) < 4.78 is 12.6. The third-order valence-electron chi connectivity index (χ3n) is 7.96. The summed E-state index contributed by atoms with van der Waals surface area (Å²) in [7, 11) is -2.05. The molecule has 2 unspecified atom stereocenters. The highest BCUT2D eigenvalue weighted by Crippen LogP contribution is 2.55. The van der Waals surface area contributed by atoms with E-state index in [2.05, 4.69) is 93.3 Å². The molecule has 0 aliphatic carbocycles. The number of unbranched alkanes of at least 4 members (excludes halogenated alkanes) is 1. The van der Waals surface area contributed by atoms with Gasteiger partial charge in [-0.1, -0.05) is 54.6 Å². The van der Waals surface area contributed by atoms with E-state index in [1.807, 2.05) is 18.2 Å². The predicted molar refractivity (Wildman–Crippen MR) is 201 cm³/mol. The molecule has 12 nitrogen and oxygen atoms in total. The number of nitrogens with one attached hydrogen (secondary N) is 3. The number of hydrogen-bond acceptors (Lipinski definition) is 10. The Morgan fingerprint density at radius 3 is 1.73 bits per heavy atom. The Morgan fingerprint density at radius 1 is 0.706 bits per heavy atom. The quantitative estimate of drug-likeness (QED) is 0.0459. The lowest BCUT2D eigenvalue weighted by atomic mass is 10.1. The van der Waals surface area contributed by atoms with Gasteiger partial charge in [0.1, 0.15) is 41.8 Å². The van der Waals surface area contributed by atoms with E-state index < -0.39 is 49.6 Å². The lowest BCUT2D eigenvalue weighted by Gasteiger charge is -2.27. The fourth-order valence-corrected chi connectivity index (χ4v) is 10.5. The third kappa shape index (κ3) is 12.9. The maximum absolute atomic E-state index is 13.2. The first-order chi connectivity index (χ1) is 24.7. The maximum Gasteiger partial charge on any atom is 0.328 e. The SMILES string of the molecule is CCOC(=O)CNC(=O)C(CSN=O)NC(=O)CCC(NC(=O)CCCC[P+](c1ccccc1)(c1ccccc1)c1ccccc1)C(=O)OCC.